The van der Waals surface area contributed by atoms with Crippen molar-refractivity contribution >= 4 is 116 Å². The fourth-order valence-corrected chi connectivity index (χ4v) is 27.6. The molecular weight excluding hydrogens is 1540 g/mol. The molecule has 0 N–H and O–H groups in total. The summed E-state index contributed by atoms with van der Waals surface area (Å²) >= 11 is 0. The number of fused-ring (bicyclic) bond motifs is 28. The van der Waals surface area contributed by atoms with Gasteiger partial charge in [0, 0.05) is 219 Å². The molecule has 10 aliphatic rings. The molecular formula is C110H122N10O5. The van der Waals surface area contributed by atoms with Crippen molar-refractivity contribution in [1.82, 2.24) is 44.5 Å². The summed E-state index contributed by atoms with van der Waals surface area (Å²) in [6, 6.07) is 55.8. The first-order valence-corrected chi connectivity index (χ1v) is 46.8. The number of pyridine rings is 5. The predicted octanol–water partition coefficient (Wildman–Crippen LogP) is 25.5. The maximum atomic E-state index is 6.39. The van der Waals surface area contributed by atoms with E-state index < -0.39 is 0 Å². The average molecular weight is 1660 g/mol. The molecule has 125 heavy (non-hydrogen) atoms. The number of anilines is 1. The van der Waals surface area contributed by atoms with Gasteiger partial charge in [-0.1, -0.05) is 99.6 Å². The standard InChI is InChI=1S/C24H22N2O.C23H28N2O.C22H26N2O.C21H24N2O.C20H22N2O/c1-13-8-10-17-18-11-9-14(2)25-24(18)27-23(17)21(13)22-15(3)26-12-19(22)16-6-4-5-7-20(16)26;1-12-7-9-17-18-10-8-13(2)24-22(18)26-21(17)19(12)20-16(5)25-11-23(20,6)14(3)15(25)4;1-12-6-8-15-16-9-7-13(2)23-21(16)25-20(15)18(12)19-14(3)24-11-10-17(19)22(24,4)5;1-12-5-7-15-16-8-6-13(2)22-20(16)24-19(15)17(12)18-14(3)23-10-9-21(18,4)11-23;1-11-4-6-15-16-7-5-12(2)21-20(16)23-19(15)17(11)18-13(3)22-9-8-14(18)10-22/h4-11,15,19,22H,12H2,1-3H3;7-10,14-16,20H,11H2,1-6H3;6-9,14,17,19H,10-11H2,1-5H3;5-8,14,18H,9-11H2,1-4H3;4-7,13-14,18H,8-10H2,1-3H3. The first kappa shape index (κ1) is 80.5. The van der Waals surface area contributed by atoms with Gasteiger partial charge in [0.15, 0.2) is 0 Å². The highest BCUT2D eigenvalue weighted by atomic mass is 16.4. The van der Waals surface area contributed by atoms with Crippen molar-refractivity contribution in [2.75, 3.05) is 50.7 Å². The number of aryl methyl sites for hydroxylation is 10. The van der Waals surface area contributed by atoms with Crippen LogP contribution in [0.3, 0.4) is 0 Å². The molecule has 9 fully saturated rings. The molecule has 6 aromatic carbocycles. The van der Waals surface area contributed by atoms with Gasteiger partial charge in [0.2, 0.25) is 28.6 Å². The van der Waals surface area contributed by atoms with Crippen LogP contribution in [0.2, 0.25) is 0 Å². The zero-order valence-corrected chi connectivity index (χ0v) is 77.1. The number of piperidine rings is 4. The van der Waals surface area contributed by atoms with E-state index >= 15 is 0 Å². The van der Waals surface area contributed by atoms with Crippen LogP contribution in [0.1, 0.15) is 221 Å². The minimum Gasteiger partial charge on any atom is -0.437 e. The molecule has 0 aliphatic carbocycles. The van der Waals surface area contributed by atoms with Crippen molar-refractivity contribution < 1.29 is 22.1 Å². The Balaban J connectivity index is 0.0000000928. The van der Waals surface area contributed by atoms with E-state index in [1.807, 2.05) is 34.6 Å². The van der Waals surface area contributed by atoms with Crippen LogP contribution in [0.5, 0.6) is 0 Å². The lowest BCUT2D eigenvalue weighted by molar-refractivity contribution is 0.112. The minimum absolute atomic E-state index is 0.277. The normalized spacial score (nSPS) is 30.5. The van der Waals surface area contributed by atoms with Gasteiger partial charge in [-0.2, -0.15) is 0 Å². The zero-order valence-electron chi connectivity index (χ0n) is 77.1. The van der Waals surface area contributed by atoms with E-state index in [2.05, 4.69) is 306 Å². The Bertz CT molecular complexity index is 7100. The molecule has 16 aromatic rings. The van der Waals surface area contributed by atoms with Crippen LogP contribution in [0.25, 0.3) is 110 Å². The molecule has 21 unspecified atom stereocenters. The second kappa shape index (κ2) is 29.1. The van der Waals surface area contributed by atoms with Gasteiger partial charge in [-0.05, 0) is 292 Å². The monoisotopic (exact) mass is 1660 g/mol. The van der Waals surface area contributed by atoms with Crippen LogP contribution < -0.4 is 4.90 Å². The number of aromatic nitrogens is 5. The molecule has 0 radical (unpaired) electrons. The fraction of sp³-hybridized carbons (Fsp3) is 0.445. The molecule has 20 heterocycles. The Morgan fingerprint density at radius 1 is 0.344 bits per heavy atom. The van der Waals surface area contributed by atoms with Crippen molar-refractivity contribution in [2.24, 2.45) is 28.6 Å². The highest BCUT2D eigenvalue weighted by Gasteiger charge is 2.62. The molecule has 10 bridgehead atoms. The van der Waals surface area contributed by atoms with Crippen molar-refractivity contribution in [3.8, 4) is 0 Å². The Morgan fingerprint density at radius 2 is 0.752 bits per heavy atom. The Morgan fingerprint density at radius 3 is 1.16 bits per heavy atom. The maximum absolute atomic E-state index is 6.39. The van der Waals surface area contributed by atoms with E-state index in [0.717, 1.165) is 124 Å². The van der Waals surface area contributed by atoms with E-state index in [9.17, 15) is 0 Å². The summed E-state index contributed by atoms with van der Waals surface area (Å²) in [5.41, 5.74) is 31.8. The summed E-state index contributed by atoms with van der Waals surface area (Å²) in [6.07, 6.45) is 3.90. The molecule has 9 saturated heterocycles. The van der Waals surface area contributed by atoms with Gasteiger partial charge in [0.1, 0.15) is 27.9 Å². The largest absolute Gasteiger partial charge is 0.437 e. The molecule has 10 aromatic heterocycles. The lowest BCUT2D eigenvalue weighted by Crippen LogP contribution is -2.45. The van der Waals surface area contributed by atoms with Crippen molar-refractivity contribution in [1.29, 1.82) is 0 Å². The smallest absolute Gasteiger partial charge is 0.227 e. The number of nitrogens with zero attached hydrogens (tertiary/aromatic N) is 10. The van der Waals surface area contributed by atoms with Crippen LogP contribution in [0, 0.1) is 97.8 Å². The average Bonchev–Trinajstić information content (AvgIpc) is 1.55. The Labute approximate surface area is 734 Å². The van der Waals surface area contributed by atoms with E-state index in [-0.39, 0.29) is 5.54 Å². The van der Waals surface area contributed by atoms with Gasteiger partial charge >= 0.3 is 0 Å². The molecule has 15 nitrogen and oxygen atoms in total. The maximum Gasteiger partial charge on any atom is 0.227 e. The Kier molecular flexibility index (Phi) is 18.8. The number of benzene rings is 6. The van der Waals surface area contributed by atoms with Gasteiger partial charge in [0.05, 0.1) is 0 Å². The summed E-state index contributed by atoms with van der Waals surface area (Å²) in [7, 11) is 0. The summed E-state index contributed by atoms with van der Waals surface area (Å²) in [6.45, 7) is 56.3. The van der Waals surface area contributed by atoms with Crippen LogP contribution in [0.15, 0.2) is 168 Å². The number of furan rings is 5. The summed E-state index contributed by atoms with van der Waals surface area (Å²) in [5.74, 6) is 5.29. The van der Waals surface area contributed by atoms with E-state index in [0.29, 0.717) is 94.4 Å². The number of hydrogen-bond acceptors (Lipinski definition) is 15. The van der Waals surface area contributed by atoms with E-state index in [4.69, 9.17) is 22.1 Å². The molecule has 15 heteroatoms. The first-order valence-electron chi connectivity index (χ1n) is 46.8. The van der Waals surface area contributed by atoms with Gasteiger partial charge in [-0.25, -0.2) is 24.9 Å². The molecule has 642 valence electrons. The third kappa shape index (κ3) is 12.1. The van der Waals surface area contributed by atoms with Gasteiger partial charge in [-0.15, -0.1) is 0 Å². The number of rotatable bonds is 5. The third-order valence-electron chi connectivity index (χ3n) is 34.1. The molecule has 0 amide bonds. The summed E-state index contributed by atoms with van der Waals surface area (Å²) in [4.78, 5) is 36.4. The lowest BCUT2D eigenvalue weighted by atomic mass is 9.63. The summed E-state index contributed by atoms with van der Waals surface area (Å²) < 4.78 is 31.7. The molecule has 10 aliphatic heterocycles. The minimum atomic E-state index is 0.277. The van der Waals surface area contributed by atoms with Crippen molar-refractivity contribution in [3.05, 3.63) is 235 Å². The second-order valence-electron chi connectivity index (χ2n) is 41.3. The molecule has 21 atom stereocenters. The van der Waals surface area contributed by atoms with Crippen LogP contribution in [-0.4, -0.2) is 132 Å². The molecule has 26 rings (SSSR count). The van der Waals surface area contributed by atoms with Crippen LogP contribution in [-0.2, 0) is 0 Å². The first-order chi connectivity index (χ1) is 60.0. The molecule has 0 spiro atoms. The fourth-order valence-electron chi connectivity index (χ4n) is 27.6. The third-order valence-corrected chi connectivity index (χ3v) is 34.1. The van der Waals surface area contributed by atoms with Gasteiger partial charge < -0.3 is 27.0 Å². The second-order valence-corrected chi connectivity index (χ2v) is 41.3. The topological polar surface area (TPSA) is 146 Å². The highest BCUT2D eigenvalue weighted by molar-refractivity contribution is 6.09. The van der Waals surface area contributed by atoms with Crippen molar-refractivity contribution in [3.63, 3.8) is 0 Å². The van der Waals surface area contributed by atoms with Gasteiger partial charge in [-0.3, -0.25) is 19.6 Å². The van der Waals surface area contributed by atoms with Crippen molar-refractivity contribution in [2.45, 2.75) is 242 Å². The SMILES string of the molecule is Cc1ccc2c(n1)oc1c(C3C(C)N4CC3(C)C(C)C4C)c(C)ccc12.Cc1ccc2c(n1)oc1c(C3C(C)N4CCC3(C)C4)c(C)ccc12.Cc1ccc2c(n1)oc1c(C3C(C)N4CCC3C4(C)C)c(C)ccc12.Cc1ccc2c(n1)oc1c(C3C4CCN(C4)C3C)c(C)ccc12.Cc1ccc2c(n1)oc1c(C3C4CN(c5ccccc54)C3C)c(C)ccc12. The zero-order chi connectivity index (χ0) is 86.5. The predicted molar refractivity (Wildman–Crippen MR) is 509 cm³/mol. The van der Waals surface area contributed by atoms with Gasteiger partial charge in [0.25, 0.3) is 0 Å². The Hall–Kier alpha value is -10.3. The lowest BCUT2D eigenvalue weighted by Gasteiger charge is -2.44. The number of hydrogen-bond donors (Lipinski definition) is 0. The van der Waals surface area contributed by atoms with Crippen LogP contribution >= 0.6 is 0 Å². The van der Waals surface area contributed by atoms with Crippen LogP contribution in [0.4, 0.5) is 5.69 Å². The van der Waals surface area contributed by atoms with E-state index in [1.165, 1.54) is 152 Å². The highest BCUT2D eigenvalue weighted by Crippen LogP contribution is 2.63. The van der Waals surface area contributed by atoms with E-state index in [1.54, 1.807) is 0 Å². The molecule has 0 saturated carbocycles. The summed E-state index contributed by atoms with van der Waals surface area (Å²) in [5, 5.41) is 11.7. The number of para-hydroxylation sites is 1. The quantitative estimate of drug-likeness (QED) is 0.161.